The summed E-state index contributed by atoms with van der Waals surface area (Å²) >= 11 is 0. The van der Waals surface area contributed by atoms with Gasteiger partial charge in [0.1, 0.15) is 0 Å². The van der Waals surface area contributed by atoms with Gasteiger partial charge in [0.15, 0.2) is 0 Å². The van der Waals surface area contributed by atoms with Crippen LogP contribution in [0.5, 0.6) is 0 Å². The van der Waals surface area contributed by atoms with Gasteiger partial charge in [-0.05, 0) is 11.5 Å². The lowest BCUT2D eigenvalue weighted by Crippen LogP contribution is -2.21. The fourth-order valence-electron chi connectivity index (χ4n) is 2.05. The van der Waals surface area contributed by atoms with Gasteiger partial charge in [-0.15, -0.1) is 0 Å². The predicted molar refractivity (Wildman–Crippen MR) is 76.2 cm³/mol. The first-order valence-corrected chi connectivity index (χ1v) is 7.03. The zero-order valence-electron chi connectivity index (χ0n) is 11.6. The summed E-state index contributed by atoms with van der Waals surface area (Å²) < 4.78 is 0. The van der Waals surface area contributed by atoms with E-state index in [9.17, 15) is 4.79 Å². The smallest absolute Gasteiger partial charge is 0.219 e. The van der Waals surface area contributed by atoms with Crippen molar-refractivity contribution in [3.8, 4) is 0 Å². The van der Waals surface area contributed by atoms with Gasteiger partial charge in [0, 0.05) is 13.0 Å². The van der Waals surface area contributed by atoms with E-state index in [0.29, 0.717) is 13.0 Å². The third-order valence-corrected chi connectivity index (χ3v) is 3.30. The molecule has 1 N–H and O–H groups in total. The first-order chi connectivity index (χ1) is 8.72. The van der Waals surface area contributed by atoms with Crippen molar-refractivity contribution < 1.29 is 4.79 Å². The Kier molecular flexibility index (Phi) is 7.16. The minimum Gasteiger partial charge on any atom is -0.352 e. The van der Waals surface area contributed by atoms with Crippen LogP contribution in [-0.2, 0) is 11.3 Å². The van der Waals surface area contributed by atoms with Crippen LogP contribution in [0.1, 0.15) is 51.5 Å². The molecule has 0 aliphatic heterocycles. The Morgan fingerprint density at radius 1 is 1.22 bits per heavy atom. The first-order valence-electron chi connectivity index (χ1n) is 7.03. The zero-order chi connectivity index (χ0) is 13.2. The van der Waals surface area contributed by atoms with Crippen LogP contribution in [0.2, 0.25) is 0 Å². The Balaban J connectivity index is 0.000000225. The molecule has 2 heteroatoms. The zero-order valence-corrected chi connectivity index (χ0v) is 11.6. The molecule has 1 aliphatic rings. The molecule has 1 aromatic carbocycles. The Bertz CT molecular complexity index is 328. The van der Waals surface area contributed by atoms with E-state index in [4.69, 9.17) is 0 Å². The average molecular weight is 247 g/mol. The second kappa shape index (κ2) is 8.73. The van der Waals surface area contributed by atoms with Crippen LogP contribution in [-0.4, -0.2) is 5.91 Å². The molecule has 2 nitrogen and oxygen atoms in total. The van der Waals surface area contributed by atoms with Crippen molar-refractivity contribution in [1.82, 2.24) is 5.32 Å². The highest BCUT2D eigenvalue weighted by molar-refractivity contribution is 5.75. The Morgan fingerprint density at radius 2 is 1.83 bits per heavy atom. The summed E-state index contributed by atoms with van der Waals surface area (Å²) in [7, 11) is 0. The summed E-state index contributed by atoms with van der Waals surface area (Å²) in [6, 6.07) is 9.89. The van der Waals surface area contributed by atoms with Crippen molar-refractivity contribution in [2.45, 2.75) is 52.5 Å². The van der Waals surface area contributed by atoms with Gasteiger partial charge in [0.2, 0.25) is 5.91 Å². The molecule has 0 aromatic heterocycles. The quantitative estimate of drug-likeness (QED) is 0.862. The Labute approximate surface area is 111 Å². The molecule has 0 saturated heterocycles. The fourth-order valence-corrected chi connectivity index (χ4v) is 2.05. The van der Waals surface area contributed by atoms with Gasteiger partial charge in [0.25, 0.3) is 0 Å². The molecular formula is C16H25NO. The van der Waals surface area contributed by atoms with E-state index in [1.807, 2.05) is 37.3 Å². The molecule has 0 radical (unpaired) electrons. The van der Waals surface area contributed by atoms with Crippen LogP contribution < -0.4 is 5.32 Å². The van der Waals surface area contributed by atoms with Crippen LogP contribution in [0.15, 0.2) is 30.3 Å². The topological polar surface area (TPSA) is 29.1 Å². The van der Waals surface area contributed by atoms with Crippen LogP contribution in [0.25, 0.3) is 0 Å². The molecule has 0 spiro atoms. The number of hydrogen-bond acceptors (Lipinski definition) is 1. The number of hydrogen-bond donors (Lipinski definition) is 1. The van der Waals surface area contributed by atoms with Crippen molar-refractivity contribution in [2.24, 2.45) is 5.92 Å². The van der Waals surface area contributed by atoms with E-state index in [1.165, 1.54) is 25.7 Å². The highest BCUT2D eigenvalue weighted by atomic mass is 16.1. The summed E-state index contributed by atoms with van der Waals surface area (Å²) in [4.78, 5) is 10.9. The lowest BCUT2D eigenvalue weighted by Gasteiger charge is -2.02. The van der Waals surface area contributed by atoms with E-state index >= 15 is 0 Å². The van der Waals surface area contributed by atoms with Crippen molar-refractivity contribution in [3.63, 3.8) is 0 Å². The average Bonchev–Trinajstić information content (AvgIpc) is 2.89. The summed E-state index contributed by atoms with van der Waals surface area (Å²) in [6.07, 6.45) is 6.50. The van der Waals surface area contributed by atoms with Gasteiger partial charge in [0.05, 0.1) is 0 Å². The van der Waals surface area contributed by atoms with Gasteiger partial charge in [-0.25, -0.2) is 0 Å². The molecule has 100 valence electrons. The maximum atomic E-state index is 10.9. The van der Waals surface area contributed by atoms with Gasteiger partial charge < -0.3 is 5.32 Å². The summed E-state index contributed by atoms with van der Waals surface area (Å²) in [5.41, 5.74) is 1.14. The molecule has 1 fully saturated rings. The normalized spacial score (nSPS) is 14.8. The second-order valence-corrected chi connectivity index (χ2v) is 5.01. The molecule has 1 saturated carbocycles. The molecule has 18 heavy (non-hydrogen) atoms. The van der Waals surface area contributed by atoms with E-state index in [2.05, 4.69) is 12.2 Å². The van der Waals surface area contributed by atoms with Crippen molar-refractivity contribution in [3.05, 3.63) is 35.9 Å². The highest BCUT2D eigenvalue weighted by Crippen LogP contribution is 2.22. The molecule has 1 amide bonds. The second-order valence-electron chi connectivity index (χ2n) is 5.01. The molecular weight excluding hydrogens is 222 g/mol. The largest absolute Gasteiger partial charge is 0.352 e. The van der Waals surface area contributed by atoms with Gasteiger partial charge in [-0.2, -0.15) is 0 Å². The van der Waals surface area contributed by atoms with E-state index in [1.54, 1.807) is 0 Å². The van der Waals surface area contributed by atoms with Crippen LogP contribution >= 0.6 is 0 Å². The number of rotatable bonds is 3. The third-order valence-electron chi connectivity index (χ3n) is 3.30. The van der Waals surface area contributed by atoms with Crippen molar-refractivity contribution in [2.75, 3.05) is 0 Å². The van der Waals surface area contributed by atoms with E-state index in [-0.39, 0.29) is 5.91 Å². The standard InChI is InChI=1S/C10H13NO.C6H12/c1-2-10(12)11-8-9-6-4-3-5-7-9;1-6-4-2-3-5-6/h3-7H,2,8H2,1H3,(H,11,12);6H,2-5H2,1H3. The lowest BCUT2D eigenvalue weighted by molar-refractivity contribution is -0.120. The van der Waals surface area contributed by atoms with Gasteiger partial charge in [-0.1, -0.05) is 69.9 Å². The predicted octanol–water partition coefficient (Wildman–Crippen LogP) is 3.91. The minimum absolute atomic E-state index is 0.0962. The number of benzene rings is 1. The van der Waals surface area contributed by atoms with E-state index in [0.717, 1.165) is 11.5 Å². The molecule has 2 rings (SSSR count). The van der Waals surface area contributed by atoms with E-state index < -0.39 is 0 Å². The molecule has 0 bridgehead atoms. The summed E-state index contributed by atoms with van der Waals surface area (Å²) in [5.74, 6) is 1.14. The molecule has 0 unspecified atom stereocenters. The van der Waals surface area contributed by atoms with Crippen molar-refractivity contribution >= 4 is 5.91 Å². The molecule has 1 aromatic rings. The number of carbonyl (C=O) groups is 1. The summed E-state index contributed by atoms with van der Waals surface area (Å²) in [6.45, 7) is 4.82. The third kappa shape index (κ3) is 6.43. The van der Waals surface area contributed by atoms with Gasteiger partial charge >= 0.3 is 0 Å². The molecule has 0 atom stereocenters. The fraction of sp³-hybridized carbons (Fsp3) is 0.562. The maximum Gasteiger partial charge on any atom is 0.219 e. The Morgan fingerprint density at radius 3 is 2.28 bits per heavy atom. The highest BCUT2D eigenvalue weighted by Gasteiger charge is 2.07. The number of amides is 1. The van der Waals surface area contributed by atoms with Crippen molar-refractivity contribution in [1.29, 1.82) is 0 Å². The van der Waals surface area contributed by atoms with Crippen LogP contribution in [0, 0.1) is 5.92 Å². The van der Waals surface area contributed by atoms with Crippen LogP contribution in [0.3, 0.4) is 0 Å². The number of carbonyl (C=O) groups excluding carboxylic acids is 1. The first kappa shape index (κ1) is 14.7. The molecule has 1 aliphatic carbocycles. The molecule has 0 heterocycles. The SMILES string of the molecule is CC1CCCC1.CCC(=O)NCc1ccccc1. The summed E-state index contributed by atoms with van der Waals surface area (Å²) in [5, 5.41) is 2.81. The van der Waals surface area contributed by atoms with Gasteiger partial charge in [-0.3, -0.25) is 4.79 Å². The minimum atomic E-state index is 0.0962. The monoisotopic (exact) mass is 247 g/mol. The number of nitrogens with one attached hydrogen (secondary N) is 1. The Hall–Kier alpha value is -1.31. The van der Waals surface area contributed by atoms with Crippen LogP contribution in [0.4, 0.5) is 0 Å². The maximum absolute atomic E-state index is 10.9. The lowest BCUT2D eigenvalue weighted by atomic mass is 10.2.